The Kier molecular flexibility index (Phi) is 3.86. The van der Waals surface area contributed by atoms with Crippen LogP contribution in [0.15, 0.2) is 78.9 Å². The lowest BCUT2D eigenvalue weighted by atomic mass is 9.95. The number of benzene rings is 4. The summed E-state index contributed by atoms with van der Waals surface area (Å²) in [5, 5.41) is 6.11. The Morgan fingerprint density at radius 1 is 0.522 bits per heavy atom. The molecule has 0 nitrogen and oxygen atoms in total. The van der Waals surface area contributed by atoms with Gasteiger partial charge in [-0.15, -0.1) is 22.2 Å². The zero-order valence-electron chi connectivity index (χ0n) is 12.3. The molecule has 0 aliphatic heterocycles. The van der Waals surface area contributed by atoms with Gasteiger partial charge in [0.25, 0.3) is 7.42 Å². The summed E-state index contributed by atoms with van der Waals surface area (Å²) in [6, 6.07) is 27.5. The SMILES string of the molecule is Cl[SiH](Cl)c1ccccc1-c1cccc2c1ccc1ccccc12. The summed E-state index contributed by atoms with van der Waals surface area (Å²) in [6.45, 7) is 0. The molecule has 0 radical (unpaired) electrons. The van der Waals surface area contributed by atoms with Crippen LogP contribution in [0.5, 0.6) is 0 Å². The summed E-state index contributed by atoms with van der Waals surface area (Å²) in [4.78, 5) is 0. The number of hydrogen-bond acceptors (Lipinski definition) is 0. The predicted molar refractivity (Wildman–Crippen MR) is 105 cm³/mol. The van der Waals surface area contributed by atoms with E-state index in [0.29, 0.717) is 0 Å². The fraction of sp³-hybridized carbons (Fsp3) is 0. The molecule has 0 fully saturated rings. The topological polar surface area (TPSA) is 0 Å². The molecule has 0 heterocycles. The van der Waals surface area contributed by atoms with Crippen molar-refractivity contribution in [2.75, 3.05) is 0 Å². The maximum absolute atomic E-state index is 6.31. The molecule has 0 aromatic heterocycles. The van der Waals surface area contributed by atoms with E-state index in [1.165, 1.54) is 27.1 Å². The fourth-order valence-electron chi connectivity index (χ4n) is 3.21. The Balaban J connectivity index is 2.08. The maximum atomic E-state index is 6.31. The normalized spacial score (nSPS) is 11.4. The average Bonchev–Trinajstić information content (AvgIpc) is 2.61. The average molecular weight is 353 g/mol. The zero-order chi connectivity index (χ0) is 15.8. The van der Waals surface area contributed by atoms with Crippen LogP contribution in [-0.2, 0) is 0 Å². The summed E-state index contributed by atoms with van der Waals surface area (Å²) in [7, 11) is -1.92. The Hall–Kier alpha value is -1.80. The summed E-state index contributed by atoms with van der Waals surface area (Å²) in [6.07, 6.45) is 0. The first kappa shape index (κ1) is 14.8. The van der Waals surface area contributed by atoms with Gasteiger partial charge in [0.2, 0.25) is 0 Å². The van der Waals surface area contributed by atoms with Crippen molar-refractivity contribution in [3.8, 4) is 11.1 Å². The van der Waals surface area contributed by atoms with Crippen LogP contribution in [-0.4, -0.2) is 7.42 Å². The Morgan fingerprint density at radius 3 is 2.09 bits per heavy atom. The van der Waals surface area contributed by atoms with Crippen LogP contribution in [0.2, 0.25) is 0 Å². The number of fused-ring (bicyclic) bond motifs is 3. The van der Waals surface area contributed by atoms with Gasteiger partial charge < -0.3 is 0 Å². The van der Waals surface area contributed by atoms with E-state index in [4.69, 9.17) is 22.2 Å². The van der Waals surface area contributed by atoms with Crippen LogP contribution in [0.25, 0.3) is 32.7 Å². The molecule has 3 heteroatoms. The van der Waals surface area contributed by atoms with Crippen LogP contribution in [0.4, 0.5) is 0 Å². The van der Waals surface area contributed by atoms with Crippen LogP contribution in [0, 0.1) is 0 Å². The van der Waals surface area contributed by atoms with Gasteiger partial charge in [0, 0.05) is 0 Å². The minimum Gasteiger partial charge on any atom is -0.144 e. The monoisotopic (exact) mass is 352 g/mol. The van der Waals surface area contributed by atoms with Crippen molar-refractivity contribution in [1.29, 1.82) is 0 Å². The number of rotatable bonds is 2. The number of halogens is 2. The molecule has 0 bridgehead atoms. The highest BCUT2D eigenvalue weighted by Gasteiger charge is 2.14. The van der Waals surface area contributed by atoms with Gasteiger partial charge in [0.15, 0.2) is 0 Å². The van der Waals surface area contributed by atoms with Gasteiger partial charge in [-0.1, -0.05) is 78.9 Å². The summed E-state index contributed by atoms with van der Waals surface area (Å²) >= 11 is 12.6. The van der Waals surface area contributed by atoms with E-state index in [2.05, 4.69) is 60.7 Å². The van der Waals surface area contributed by atoms with Gasteiger partial charge in [-0.3, -0.25) is 0 Å². The first-order chi connectivity index (χ1) is 11.3. The Bertz CT molecular complexity index is 1010. The third-order valence-corrected chi connectivity index (χ3v) is 6.66. The molecule has 0 atom stereocenters. The lowest BCUT2D eigenvalue weighted by Gasteiger charge is -2.13. The molecule has 0 N–H and O–H groups in total. The largest absolute Gasteiger partial charge is 0.267 e. The predicted octanol–water partition coefficient (Wildman–Crippen LogP) is 5.57. The van der Waals surface area contributed by atoms with Crippen molar-refractivity contribution in [1.82, 2.24) is 0 Å². The van der Waals surface area contributed by atoms with E-state index < -0.39 is 7.42 Å². The van der Waals surface area contributed by atoms with Crippen molar-refractivity contribution in [3.05, 3.63) is 78.9 Å². The first-order valence-corrected chi connectivity index (χ1v) is 11.6. The lowest BCUT2D eigenvalue weighted by molar-refractivity contribution is 1.69. The standard InChI is InChI=1S/C20H14Cl2Si/c21-23(22)20-11-4-3-8-19(20)17-10-5-9-16-15-7-2-1-6-14(15)12-13-18(16)17/h1-13,23H. The second-order valence-corrected chi connectivity index (χ2v) is 10.1. The van der Waals surface area contributed by atoms with Gasteiger partial charge in [-0.2, -0.15) is 0 Å². The van der Waals surface area contributed by atoms with Crippen molar-refractivity contribution in [2.45, 2.75) is 0 Å². The minimum atomic E-state index is -1.92. The molecule has 112 valence electrons. The smallest absolute Gasteiger partial charge is 0.144 e. The molecule has 0 saturated heterocycles. The van der Waals surface area contributed by atoms with Crippen LogP contribution in [0.1, 0.15) is 0 Å². The van der Waals surface area contributed by atoms with Gasteiger partial charge in [-0.25, -0.2) is 0 Å². The third kappa shape index (κ3) is 2.55. The molecule has 23 heavy (non-hydrogen) atoms. The fourth-order valence-corrected chi connectivity index (χ4v) is 5.09. The molecule has 0 unspecified atom stereocenters. The molecule has 0 aliphatic rings. The third-order valence-electron chi connectivity index (χ3n) is 4.27. The zero-order valence-corrected chi connectivity index (χ0v) is 15.0. The van der Waals surface area contributed by atoms with E-state index in [1.807, 2.05) is 18.2 Å². The van der Waals surface area contributed by atoms with E-state index in [1.54, 1.807) is 0 Å². The summed E-state index contributed by atoms with van der Waals surface area (Å²) in [5.41, 5.74) is 2.35. The van der Waals surface area contributed by atoms with Crippen LogP contribution >= 0.6 is 22.2 Å². The molecule has 0 amide bonds. The second kappa shape index (κ2) is 6.01. The number of hydrogen-bond donors (Lipinski definition) is 0. The Morgan fingerprint density at radius 2 is 1.22 bits per heavy atom. The van der Waals surface area contributed by atoms with Crippen molar-refractivity contribution in [3.63, 3.8) is 0 Å². The minimum absolute atomic E-state index is 1.08. The lowest BCUT2D eigenvalue weighted by Crippen LogP contribution is -2.20. The quantitative estimate of drug-likeness (QED) is 0.251. The van der Waals surface area contributed by atoms with Crippen LogP contribution in [0.3, 0.4) is 0 Å². The molecule has 0 saturated carbocycles. The highest BCUT2D eigenvalue weighted by molar-refractivity contribution is 7.39. The van der Waals surface area contributed by atoms with Crippen molar-refractivity contribution >= 4 is 56.3 Å². The summed E-state index contributed by atoms with van der Waals surface area (Å²) in [5.74, 6) is 0. The molecule has 4 aromatic carbocycles. The van der Waals surface area contributed by atoms with Crippen molar-refractivity contribution in [2.24, 2.45) is 0 Å². The molecule has 4 aromatic rings. The molecule has 0 aliphatic carbocycles. The second-order valence-electron chi connectivity index (χ2n) is 5.58. The first-order valence-electron chi connectivity index (χ1n) is 7.53. The highest BCUT2D eigenvalue weighted by Crippen LogP contribution is 2.32. The highest BCUT2D eigenvalue weighted by atomic mass is 35.7. The van der Waals surface area contributed by atoms with Gasteiger partial charge in [0.1, 0.15) is 0 Å². The van der Waals surface area contributed by atoms with E-state index >= 15 is 0 Å². The molecular weight excluding hydrogens is 339 g/mol. The van der Waals surface area contributed by atoms with Gasteiger partial charge in [-0.05, 0) is 37.9 Å². The van der Waals surface area contributed by atoms with Crippen molar-refractivity contribution < 1.29 is 0 Å². The Labute approximate surface area is 146 Å². The maximum Gasteiger partial charge on any atom is 0.267 e. The molecule has 4 rings (SSSR count). The van der Waals surface area contributed by atoms with Crippen LogP contribution < -0.4 is 5.19 Å². The molecular formula is C20H14Cl2Si. The van der Waals surface area contributed by atoms with E-state index in [-0.39, 0.29) is 0 Å². The van der Waals surface area contributed by atoms with Gasteiger partial charge >= 0.3 is 0 Å². The summed E-state index contributed by atoms with van der Waals surface area (Å²) < 4.78 is 0. The van der Waals surface area contributed by atoms with E-state index in [0.717, 1.165) is 10.8 Å². The molecule has 0 spiro atoms. The van der Waals surface area contributed by atoms with Gasteiger partial charge in [0.05, 0.1) is 0 Å². The van der Waals surface area contributed by atoms with E-state index in [9.17, 15) is 0 Å².